The number of nitrogens with zero attached hydrogens (tertiary/aromatic N) is 2. The third-order valence-corrected chi connectivity index (χ3v) is 3.83. The molecule has 1 heterocycles. The van der Waals surface area contributed by atoms with E-state index in [-0.39, 0.29) is 0 Å². The molecule has 0 aliphatic heterocycles. The van der Waals surface area contributed by atoms with E-state index >= 15 is 0 Å². The molecule has 18 heavy (non-hydrogen) atoms. The Morgan fingerprint density at radius 1 is 1.28 bits per heavy atom. The van der Waals surface area contributed by atoms with Crippen molar-refractivity contribution in [1.82, 2.24) is 15.1 Å². The summed E-state index contributed by atoms with van der Waals surface area (Å²) < 4.78 is 2.22. The average molecular weight is 249 g/mol. The predicted molar refractivity (Wildman–Crippen MR) is 75.8 cm³/mol. The Bertz CT molecular complexity index is 326. The molecule has 0 bridgehead atoms. The lowest BCUT2D eigenvalue weighted by Crippen LogP contribution is -2.16. The Kier molecular flexibility index (Phi) is 5.72. The first kappa shape index (κ1) is 13.6. The van der Waals surface area contributed by atoms with Gasteiger partial charge in [-0.05, 0) is 51.3 Å². The van der Waals surface area contributed by atoms with Crippen LogP contribution in [0.4, 0.5) is 0 Å². The van der Waals surface area contributed by atoms with E-state index in [1.165, 1.54) is 50.6 Å². The number of rotatable bonds is 7. The third kappa shape index (κ3) is 4.13. The van der Waals surface area contributed by atoms with Gasteiger partial charge in [0, 0.05) is 6.20 Å². The molecule has 102 valence electrons. The lowest BCUT2D eigenvalue weighted by Gasteiger charge is -2.21. The van der Waals surface area contributed by atoms with E-state index in [0.29, 0.717) is 6.04 Å². The molecule has 0 amide bonds. The Labute approximate surface area is 111 Å². The zero-order valence-electron chi connectivity index (χ0n) is 11.7. The van der Waals surface area contributed by atoms with Crippen molar-refractivity contribution in [3.8, 4) is 0 Å². The maximum Gasteiger partial charge on any atom is 0.0625 e. The molecule has 0 unspecified atom stereocenters. The minimum atomic E-state index is 0.672. The molecule has 1 fully saturated rings. The van der Waals surface area contributed by atoms with Crippen molar-refractivity contribution >= 4 is 0 Å². The summed E-state index contributed by atoms with van der Waals surface area (Å²) in [5.41, 5.74) is 1.26. The first-order valence-corrected chi connectivity index (χ1v) is 7.65. The maximum absolute atomic E-state index is 4.74. The van der Waals surface area contributed by atoms with Crippen LogP contribution in [0.3, 0.4) is 0 Å². The van der Waals surface area contributed by atoms with Gasteiger partial charge in [-0.15, -0.1) is 0 Å². The van der Waals surface area contributed by atoms with Gasteiger partial charge >= 0.3 is 0 Å². The largest absolute Gasteiger partial charge is 0.317 e. The molecule has 3 nitrogen and oxygen atoms in total. The molecule has 1 saturated carbocycles. The van der Waals surface area contributed by atoms with Crippen LogP contribution >= 0.6 is 0 Å². The fourth-order valence-electron chi connectivity index (χ4n) is 2.76. The lowest BCUT2D eigenvalue weighted by molar-refractivity contribution is 0.328. The zero-order chi connectivity index (χ0) is 12.6. The highest BCUT2D eigenvalue weighted by molar-refractivity contribution is 5.00. The van der Waals surface area contributed by atoms with Gasteiger partial charge < -0.3 is 5.32 Å². The topological polar surface area (TPSA) is 29.9 Å². The SMILES string of the molecule is CCCNCCCc1ccn(C2CCCCC2)n1. The molecule has 1 aliphatic rings. The van der Waals surface area contributed by atoms with Gasteiger partial charge in [0.1, 0.15) is 0 Å². The first-order valence-electron chi connectivity index (χ1n) is 7.65. The minimum absolute atomic E-state index is 0.672. The molecule has 0 saturated heterocycles. The van der Waals surface area contributed by atoms with E-state index in [0.717, 1.165) is 19.5 Å². The van der Waals surface area contributed by atoms with Crippen LogP contribution in [0.5, 0.6) is 0 Å². The van der Waals surface area contributed by atoms with Crippen molar-refractivity contribution < 1.29 is 0 Å². The van der Waals surface area contributed by atoms with E-state index in [1.807, 2.05) is 0 Å². The fourth-order valence-corrected chi connectivity index (χ4v) is 2.76. The minimum Gasteiger partial charge on any atom is -0.317 e. The molecule has 0 aromatic carbocycles. The van der Waals surface area contributed by atoms with E-state index in [1.54, 1.807) is 0 Å². The van der Waals surface area contributed by atoms with Gasteiger partial charge in [-0.2, -0.15) is 5.10 Å². The van der Waals surface area contributed by atoms with Crippen molar-refractivity contribution in [3.63, 3.8) is 0 Å². The summed E-state index contributed by atoms with van der Waals surface area (Å²) in [7, 11) is 0. The maximum atomic E-state index is 4.74. The number of hydrogen-bond donors (Lipinski definition) is 1. The van der Waals surface area contributed by atoms with Gasteiger partial charge in [-0.1, -0.05) is 26.2 Å². The smallest absolute Gasteiger partial charge is 0.0625 e. The highest BCUT2D eigenvalue weighted by Gasteiger charge is 2.15. The number of aryl methyl sites for hydroxylation is 1. The number of hydrogen-bond acceptors (Lipinski definition) is 2. The van der Waals surface area contributed by atoms with E-state index in [4.69, 9.17) is 5.10 Å². The van der Waals surface area contributed by atoms with Gasteiger partial charge in [-0.3, -0.25) is 4.68 Å². The van der Waals surface area contributed by atoms with E-state index in [2.05, 4.69) is 29.2 Å². The van der Waals surface area contributed by atoms with Crippen molar-refractivity contribution in [3.05, 3.63) is 18.0 Å². The molecule has 3 heteroatoms. The zero-order valence-corrected chi connectivity index (χ0v) is 11.7. The lowest BCUT2D eigenvalue weighted by atomic mass is 9.96. The molecule has 1 aromatic heterocycles. The summed E-state index contributed by atoms with van der Waals surface area (Å²) in [6.45, 7) is 4.46. The number of aromatic nitrogens is 2. The molecule has 2 rings (SSSR count). The summed E-state index contributed by atoms with van der Waals surface area (Å²) in [5.74, 6) is 0. The standard InChI is InChI=1S/C15H27N3/c1-2-11-16-12-6-7-14-10-13-18(17-14)15-8-4-3-5-9-15/h10,13,15-16H,2-9,11-12H2,1H3. The van der Waals surface area contributed by atoms with Crippen molar-refractivity contribution in [2.24, 2.45) is 0 Å². The fraction of sp³-hybridized carbons (Fsp3) is 0.800. The van der Waals surface area contributed by atoms with Crippen molar-refractivity contribution in [2.45, 2.75) is 64.3 Å². The van der Waals surface area contributed by atoms with Crippen LogP contribution in [-0.4, -0.2) is 22.9 Å². The quantitative estimate of drug-likeness (QED) is 0.751. The second-order valence-electron chi connectivity index (χ2n) is 5.43. The third-order valence-electron chi connectivity index (χ3n) is 3.83. The molecule has 1 N–H and O–H groups in total. The van der Waals surface area contributed by atoms with E-state index in [9.17, 15) is 0 Å². The van der Waals surface area contributed by atoms with Crippen LogP contribution in [0.1, 0.15) is 63.6 Å². The number of nitrogens with one attached hydrogen (secondary N) is 1. The van der Waals surface area contributed by atoms with Gasteiger partial charge in [0.15, 0.2) is 0 Å². The molecule has 1 aliphatic carbocycles. The summed E-state index contributed by atoms with van der Waals surface area (Å²) >= 11 is 0. The molecular formula is C15H27N3. The van der Waals surface area contributed by atoms with Crippen LogP contribution in [0.2, 0.25) is 0 Å². The van der Waals surface area contributed by atoms with Crippen LogP contribution < -0.4 is 5.32 Å². The molecule has 0 radical (unpaired) electrons. The summed E-state index contributed by atoms with van der Waals surface area (Å²) in [4.78, 5) is 0. The molecule has 1 aromatic rings. The van der Waals surface area contributed by atoms with Gasteiger partial charge in [0.2, 0.25) is 0 Å². The van der Waals surface area contributed by atoms with E-state index < -0.39 is 0 Å². The summed E-state index contributed by atoms with van der Waals surface area (Å²) in [5, 5.41) is 8.18. The van der Waals surface area contributed by atoms with Gasteiger partial charge in [0.05, 0.1) is 11.7 Å². The van der Waals surface area contributed by atoms with Crippen molar-refractivity contribution in [2.75, 3.05) is 13.1 Å². The van der Waals surface area contributed by atoms with Gasteiger partial charge in [-0.25, -0.2) is 0 Å². The first-order chi connectivity index (χ1) is 8.90. The monoisotopic (exact) mass is 249 g/mol. The Balaban J connectivity index is 1.72. The van der Waals surface area contributed by atoms with Crippen LogP contribution in [0.15, 0.2) is 12.3 Å². The second kappa shape index (κ2) is 7.57. The highest BCUT2D eigenvalue weighted by Crippen LogP contribution is 2.27. The van der Waals surface area contributed by atoms with Crippen LogP contribution in [0, 0.1) is 0 Å². The van der Waals surface area contributed by atoms with Crippen molar-refractivity contribution in [1.29, 1.82) is 0 Å². The average Bonchev–Trinajstić information content (AvgIpc) is 2.88. The summed E-state index contributed by atoms with van der Waals surface area (Å²) in [6, 6.07) is 2.87. The molecule has 0 spiro atoms. The Morgan fingerprint density at radius 2 is 2.11 bits per heavy atom. The summed E-state index contributed by atoms with van der Waals surface area (Å²) in [6.07, 6.45) is 12.5. The molecular weight excluding hydrogens is 222 g/mol. The highest BCUT2D eigenvalue weighted by atomic mass is 15.3. The molecule has 0 atom stereocenters. The Hall–Kier alpha value is -0.830. The Morgan fingerprint density at radius 3 is 2.89 bits per heavy atom. The predicted octanol–water partition coefficient (Wildman–Crippen LogP) is 3.32. The van der Waals surface area contributed by atoms with Crippen LogP contribution in [-0.2, 0) is 6.42 Å². The normalized spacial score (nSPS) is 17.2. The van der Waals surface area contributed by atoms with Crippen LogP contribution in [0.25, 0.3) is 0 Å². The van der Waals surface area contributed by atoms with Gasteiger partial charge in [0.25, 0.3) is 0 Å². The second-order valence-corrected chi connectivity index (χ2v) is 5.43.